The van der Waals surface area contributed by atoms with Crippen LogP contribution in [0.2, 0.25) is 0 Å². The number of alkyl halides is 1. The van der Waals surface area contributed by atoms with E-state index in [0.29, 0.717) is 12.4 Å². The maximum Gasteiger partial charge on any atom is 0.223 e. The average molecular weight is 270 g/mol. The highest BCUT2D eigenvalue weighted by Gasteiger charge is 2.34. The van der Waals surface area contributed by atoms with Gasteiger partial charge in [-0.05, 0) is 31.1 Å². The van der Waals surface area contributed by atoms with E-state index in [-0.39, 0.29) is 11.8 Å². The standard InChI is InChI=1S/C15H24ClNO/c16-9-3-4-10-17-15(18)14-8-7-12-5-1-2-6-13(12)11-14/h3-4,12-14H,1-2,5-11H2,(H,17,18)/b4-3+. The Balaban J connectivity index is 1.75. The third kappa shape index (κ3) is 3.74. The van der Waals surface area contributed by atoms with Crippen molar-refractivity contribution >= 4 is 17.5 Å². The van der Waals surface area contributed by atoms with Crippen molar-refractivity contribution in [3.63, 3.8) is 0 Å². The van der Waals surface area contributed by atoms with Gasteiger partial charge in [-0.3, -0.25) is 4.79 Å². The van der Waals surface area contributed by atoms with E-state index in [4.69, 9.17) is 11.6 Å². The highest BCUT2D eigenvalue weighted by molar-refractivity contribution is 6.18. The van der Waals surface area contributed by atoms with Gasteiger partial charge in [0.2, 0.25) is 5.91 Å². The Morgan fingerprint density at radius 1 is 1.11 bits per heavy atom. The van der Waals surface area contributed by atoms with Crippen molar-refractivity contribution in [2.75, 3.05) is 12.4 Å². The number of allylic oxidation sites excluding steroid dienone is 1. The largest absolute Gasteiger partial charge is 0.352 e. The van der Waals surface area contributed by atoms with E-state index in [1.807, 2.05) is 12.2 Å². The molecule has 2 saturated carbocycles. The lowest BCUT2D eigenvalue weighted by molar-refractivity contribution is -0.127. The summed E-state index contributed by atoms with van der Waals surface area (Å²) in [5.41, 5.74) is 0. The zero-order valence-electron chi connectivity index (χ0n) is 11.0. The monoisotopic (exact) mass is 269 g/mol. The predicted molar refractivity (Wildman–Crippen MR) is 75.7 cm³/mol. The van der Waals surface area contributed by atoms with Gasteiger partial charge in [-0.1, -0.05) is 37.8 Å². The predicted octanol–water partition coefficient (Wildman–Crippen LogP) is 3.50. The summed E-state index contributed by atoms with van der Waals surface area (Å²) in [4.78, 5) is 12.1. The van der Waals surface area contributed by atoms with Gasteiger partial charge in [0, 0.05) is 18.3 Å². The molecule has 0 radical (unpaired) electrons. The molecule has 3 unspecified atom stereocenters. The second-order valence-corrected chi connectivity index (χ2v) is 5.99. The molecule has 0 saturated heterocycles. The van der Waals surface area contributed by atoms with Crippen LogP contribution in [0.1, 0.15) is 44.9 Å². The summed E-state index contributed by atoms with van der Waals surface area (Å²) >= 11 is 5.54. The number of fused-ring (bicyclic) bond motifs is 1. The molecule has 2 aliphatic rings. The summed E-state index contributed by atoms with van der Waals surface area (Å²) in [6, 6.07) is 0. The second kappa shape index (κ2) is 7.18. The number of amides is 1. The fraction of sp³-hybridized carbons (Fsp3) is 0.800. The maximum absolute atomic E-state index is 12.1. The molecule has 2 rings (SSSR count). The normalized spacial score (nSPS) is 32.2. The molecule has 0 aromatic carbocycles. The van der Waals surface area contributed by atoms with Crippen LogP contribution in [0.15, 0.2) is 12.2 Å². The quantitative estimate of drug-likeness (QED) is 0.614. The molecular weight excluding hydrogens is 246 g/mol. The van der Waals surface area contributed by atoms with Gasteiger partial charge in [0.25, 0.3) is 0 Å². The van der Waals surface area contributed by atoms with Crippen LogP contribution in [0.4, 0.5) is 0 Å². The first-order valence-electron chi connectivity index (χ1n) is 7.30. The topological polar surface area (TPSA) is 29.1 Å². The molecule has 1 N–H and O–H groups in total. The van der Waals surface area contributed by atoms with Gasteiger partial charge in [0.15, 0.2) is 0 Å². The summed E-state index contributed by atoms with van der Waals surface area (Å²) in [5.74, 6) is 2.76. The molecule has 0 aliphatic heterocycles. The first kappa shape index (κ1) is 13.9. The van der Waals surface area contributed by atoms with Gasteiger partial charge in [0.05, 0.1) is 0 Å². The van der Waals surface area contributed by atoms with E-state index in [2.05, 4.69) is 5.32 Å². The fourth-order valence-corrected chi connectivity index (χ4v) is 3.69. The lowest BCUT2D eigenvalue weighted by Gasteiger charge is -2.38. The van der Waals surface area contributed by atoms with Crippen LogP contribution in [0.5, 0.6) is 0 Å². The molecule has 2 nitrogen and oxygen atoms in total. The molecule has 2 aliphatic carbocycles. The summed E-state index contributed by atoms with van der Waals surface area (Å²) in [5, 5.41) is 3.00. The van der Waals surface area contributed by atoms with Crippen LogP contribution < -0.4 is 5.32 Å². The van der Waals surface area contributed by atoms with E-state index in [9.17, 15) is 4.79 Å². The lowest BCUT2D eigenvalue weighted by Crippen LogP contribution is -2.37. The number of hydrogen-bond donors (Lipinski definition) is 1. The minimum Gasteiger partial charge on any atom is -0.352 e. The number of halogens is 1. The van der Waals surface area contributed by atoms with Crippen molar-refractivity contribution in [1.29, 1.82) is 0 Å². The molecule has 18 heavy (non-hydrogen) atoms. The van der Waals surface area contributed by atoms with Gasteiger partial charge < -0.3 is 5.32 Å². The Morgan fingerprint density at radius 2 is 1.89 bits per heavy atom. The molecule has 2 fully saturated rings. The number of carbonyl (C=O) groups excluding carboxylic acids is 1. The van der Waals surface area contributed by atoms with Gasteiger partial charge in [-0.2, -0.15) is 0 Å². The highest BCUT2D eigenvalue weighted by atomic mass is 35.5. The summed E-state index contributed by atoms with van der Waals surface area (Å²) in [6.07, 6.45) is 12.8. The fourth-order valence-electron chi connectivity index (χ4n) is 3.56. The number of carbonyl (C=O) groups is 1. The SMILES string of the molecule is O=C(NC/C=C/CCl)C1CCC2CCCCC2C1. The minimum atomic E-state index is 0.248. The molecular formula is C15H24ClNO. The smallest absolute Gasteiger partial charge is 0.223 e. The van der Waals surface area contributed by atoms with Crippen molar-refractivity contribution in [1.82, 2.24) is 5.32 Å². The van der Waals surface area contributed by atoms with Crippen LogP contribution in [-0.2, 0) is 4.79 Å². The first-order valence-corrected chi connectivity index (χ1v) is 7.83. The van der Waals surface area contributed by atoms with Crippen molar-refractivity contribution in [2.45, 2.75) is 44.9 Å². The summed E-state index contributed by atoms with van der Waals surface area (Å²) < 4.78 is 0. The number of rotatable bonds is 4. The Labute approximate surface area is 115 Å². The average Bonchev–Trinajstić information content (AvgIpc) is 2.43. The number of nitrogens with one attached hydrogen (secondary N) is 1. The minimum absolute atomic E-state index is 0.248. The Morgan fingerprint density at radius 3 is 2.67 bits per heavy atom. The summed E-state index contributed by atoms with van der Waals surface area (Å²) in [7, 11) is 0. The van der Waals surface area contributed by atoms with E-state index >= 15 is 0 Å². The van der Waals surface area contributed by atoms with Gasteiger partial charge in [-0.15, -0.1) is 11.6 Å². The zero-order valence-corrected chi connectivity index (χ0v) is 11.8. The van der Waals surface area contributed by atoms with E-state index in [0.717, 1.165) is 24.7 Å². The van der Waals surface area contributed by atoms with E-state index in [1.165, 1.54) is 32.1 Å². The molecule has 0 heterocycles. The molecule has 3 heteroatoms. The third-order valence-corrected chi connectivity index (χ3v) is 4.74. The van der Waals surface area contributed by atoms with E-state index in [1.54, 1.807) is 0 Å². The maximum atomic E-state index is 12.1. The molecule has 3 atom stereocenters. The van der Waals surface area contributed by atoms with Crippen LogP contribution in [0.25, 0.3) is 0 Å². The lowest BCUT2D eigenvalue weighted by atomic mass is 9.67. The number of hydrogen-bond acceptors (Lipinski definition) is 1. The highest BCUT2D eigenvalue weighted by Crippen LogP contribution is 2.42. The van der Waals surface area contributed by atoms with Crippen molar-refractivity contribution in [3.8, 4) is 0 Å². The van der Waals surface area contributed by atoms with Crippen LogP contribution in [0.3, 0.4) is 0 Å². The Kier molecular flexibility index (Phi) is 5.55. The Hall–Kier alpha value is -0.500. The van der Waals surface area contributed by atoms with Crippen LogP contribution in [0, 0.1) is 17.8 Å². The van der Waals surface area contributed by atoms with E-state index < -0.39 is 0 Å². The molecule has 1 amide bonds. The molecule has 0 aromatic rings. The first-order chi connectivity index (χ1) is 8.81. The van der Waals surface area contributed by atoms with Crippen molar-refractivity contribution in [2.24, 2.45) is 17.8 Å². The molecule has 102 valence electrons. The van der Waals surface area contributed by atoms with Gasteiger partial charge in [-0.25, -0.2) is 0 Å². The molecule has 0 aromatic heterocycles. The molecule has 0 bridgehead atoms. The Bertz CT molecular complexity index is 303. The summed E-state index contributed by atoms with van der Waals surface area (Å²) in [6.45, 7) is 0.621. The van der Waals surface area contributed by atoms with Crippen LogP contribution >= 0.6 is 11.6 Å². The van der Waals surface area contributed by atoms with Crippen LogP contribution in [-0.4, -0.2) is 18.3 Å². The van der Waals surface area contributed by atoms with Gasteiger partial charge >= 0.3 is 0 Å². The molecule has 0 spiro atoms. The van der Waals surface area contributed by atoms with Gasteiger partial charge in [0.1, 0.15) is 0 Å². The second-order valence-electron chi connectivity index (χ2n) is 5.69. The van der Waals surface area contributed by atoms with Crippen molar-refractivity contribution < 1.29 is 4.79 Å². The van der Waals surface area contributed by atoms with Crippen molar-refractivity contribution in [3.05, 3.63) is 12.2 Å². The zero-order chi connectivity index (χ0) is 12.8. The third-order valence-electron chi connectivity index (χ3n) is 4.56.